The van der Waals surface area contributed by atoms with Crippen LogP contribution in [0.25, 0.3) is 10.9 Å². The molecule has 2 aliphatic rings. The van der Waals surface area contributed by atoms with Crippen molar-refractivity contribution >= 4 is 22.3 Å². The second-order valence-electron chi connectivity index (χ2n) is 8.72. The van der Waals surface area contributed by atoms with Crippen LogP contribution in [0.15, 0.2) is 47.3 Å². The molecule has 3 heterocycles. The minimum atomic E-state index is -0.470. The van der Waals surface area contributed by atoms with Gasteiger partial charge in [-0.3, -0.25) is 9.69 Å². The number of benzene rings is 2. The van der Waals surface area contributed by atoms with E-state index in [1.54, 1.807) is 6.07 Å². The summed E-state index contributed by atoms with van der Waals surface area (Å²) < 4.78 is 14.1. The lowest BCUT2D eigenvalue weighted by Gasteiger charge is -2.44. The molecule has 0 aliphatic carbocycles. The maximum atomic E-state index is 14.1. The number of para-hydroxylation sites is 1. The fraction of sp³-hybridized carbons (Fsp3) is 0.360. The number of pyridine rings is 1. The second kappa shape index (κ2) is 8.29. The minimum Gasteiger partial charge on any atom is -0.369 e. The minimum absolute atomic E-state index is 0.0177. The first-order chi connectivity index (χ1) is 15.5. The predicted molar refractivity (Wildman–Crippen MR) is 125 cm³/mol. The normalized spacial score (nSPS) is 19.1. The van der Waals surface area contributed by atoms with Gasteiger partial charge in [-0.15, -0.1) is 0 Å². The third-order valence-electron chi connectivity index (χ3n) is 6.72. The average molecular weight is 432 g/mol. The summed E-state index contributed by atoms with van der Waals surface area (Å²) in [5, 5.41) is 10.1. The van der Waals surface area contributed by atoms with Crippen LogP contribution in [-0.2, 0) is 6.42 Å². The molecule has 1 aromatic heterocycles. The molecular weight excluding hydrogens is 405 g/mol. The van der Waals surface area contributed by atoms with E-state index in [4.69, 9.17) is 5.26 Å². The molecule has 0 radical (unpaired) electrons. The largest absolute Gasteiger partial charge is 0.369 e. The summed E-state index contributed by atoms with van der Waals surface area (Å²) in [7, 11) is 0. The molecule has 1 unspecified atom stereocenters. The lowest BCUT2D eigenvalue weighted by atomic mass is 10.00. The summed E-state index contributed by atoms with van der Waals surface area (Å²) in [5.74, 6) is -0.470. The summed E-state index contributed by atoms with van der Waals surface area (Å²) in [5.41, 5.74) is 3.74. The SMILES string of the molecule is CC1CN(c2ccc(C#N)c(F)c2)CCN1CN1CCCc2c1c1ccccc1[nH]c2=O. The van der Waals surface area contributed by atoms with Gasteiger partial charge in [0.1, 0.15) is 11.9 Å². The molecule has 0 saturated carbocycles. The number of hydrogen-bond acceptors (Lipinski definition) is 5. The number of aromatic amines is 1. The van der Waals surface area contributed by atoms with Crippen molar-refractivity contribution in [2.24, 2.45) is 0 Å². The highest BCUT2D eigenvalue weighted by atomic mass is 19.1. The highest BCUT2D eigenvalue weighted by Crippen LogP contribution is 2.32. The molecule has 2 aromatic carbocycles. The Labute approximate surface area is 186 Å². The zero-order valence-corrected chi connectivity index (χ0v) is 18.1. The Hall–Kier alpha value is -3.37. The Morgan fingerprint density at radius 3 is 2.81 bits per heavy atom. The van der Waals surface area contributed by atoms with Crippen LogP contribution in [0.5, 0.6) is 0 Å². The van der Waals surface area contributed by atoms with Gasteiger partial charge in [-0.1, -0.05) is 18.2 Å². The summed E-state index contributed by atoms with van der Waals surface area (Å²) in [6.45, 7) is 6.28. The van der Waals surface area contributed by atoms with Gasteiger partial charge in [-0.05, 0) is 44.0 Å². The maximum absolute atomic E-state index is 14.1. The molecule has 5 rings (SSSR count). The van der Waals surface area contributed by atoms with Crippen molar-refractivity contribution in [2.75, 3.05) is 42.6 Å². The van der Waals surface area contributed by atoms with Gasteiger partial charge < -0.3 is 14.8 Å². The zero-order valence-electron chi connectivity index (χ0n) is 18.1. The zero-order chi connectivity index (χ0) is 22.2. The van der Waals surface area contributed by atoms with Gasteiger partial charge >= 0.3 is 0 Å². The van der Waals surface area contributed by atoms with E-state index < -0.39 is 5.82 Å². The number of anilines is 2. The molecule has 1 atom stereocenters. The lowest BCUT2D eigenvalue weighted by molar-refractivity contribution is 0.188. The maximum Gasteiger partial charge on any atom is 0.253 e. The predicted octanol–water partition coefficient (Wildman–Crippen LogP) is 3.46. The number of halogens is 1. The van der Waals surface area contributed by atoms with Crippen LogP contribution in [0.4, 0.5) is 15.8 Å². The van der Waals surface area contributed by atoms with Crippen LogP contribution in [0.3, 0.4) is 0 Å². The van der Waals surface area contributed by atoms with E-state index >= 15 is 0 Å². The van der Waals surface area contributed by atoms with E-state index in [0.717, 1.165) is 73.5 Å². The van der Waals surface area contributed by atoms with Crippen LogP contribution in [-0.4, -0.2) is 48.8 Å². The molecule has 0 bridgehead atoms. The Morgan fingerprint density at radius 2 is 2.03 bits per heavy atom. The molecule has 0 amide bonds. The fourth-order valence-electron chi connectivity index (χ4n) is 5.01. The highest BCUT2D eigenvalue weighted by Gasteiger charge is 2.29. The van der Waals surface area contributed by atoms with Crippen molar-refractivity contribution in [3.63, 3.8) is 0 Å². The number of aromatic nitrogens is 1. The van der Waals surface area contributed by atoms with Gasteiger partial charge in [-0.2, -0.15) is 5.26 Å². The van der Waals surface area contributed by atoms with E-state index in [2.05, 4.69) is 32.7 Å². The van der Waals surface area contributed by atoms with E-state index in [-0.39, 0.29) is 17.2 Å². The number of fused-ring (bicyclic) bond motifs is 3. The number of nitrogens with one attached hydrogen (secondary N) is 1. The number of hydrogen-bond donors (Lipinski definition) is 1. The Bertz CT molecular complexity index is 1260. The number of piperazine rings is 1. The Kier molecular flexibility index (Phi) is 5.32. The summed E-state index contributed by atoms with van der Waals surface area (Å²) in [6.07, 6.45) is 1.77. The van der Waals surface area contributed by atoms with Crippen molar-refractivity contribution in [3.8, 4) is 6.07 Å². The molecule has 2 aliphatic heterocycles. The van der Waals surface area contributed by atoms with Gasteiger partial charge in [0.25, 0.3) is 5.56 Å². The van der Waals surface area contributed by atoms with Crippen molar-refractivity contribution in [1.29, 1.82) is 5.26 Å². The monoisotopic (exact) mass is 431 g/mol. The first-order valence-electron chi connectivity index (χ1n) is 11.1. The van der Waals surface area contributed by atoms with E-state index in [1.165, 1.54) is 6.07 Å². The van der Waals surface area contributed by atoms with Crippen molar-refractivity contribution in [1.82, 2.24) is 9.88 Å². The molecule has 32 heavy (non-hydrogen) atoms. The van der Waals surface area contributed by atoms with Crippen LogP contribution < -0.4 is 15.4 Å². The van der Waals surface area contributed by atoms with E-state index in [0.29, 0.717) is 0 Å². The van der Waals surface area contributed by atoms with Gasteiger partial charge in [0, 0.05) is 48.9 Å². The van der Waals surface area contributed by atoms with Crippen LogP contribution in [0.1, 0.15) is 24.5 Å². The van der Waals surface area contributed by atoms with Crippen molar-refractivity contribution in [3.05, 3.63) is 69.8 Å². The van der Waals surface area contributed by atoms with E-state index in [1.807, 2.05) is 30.3 Å². The van der Waals surface area contributed by atoms with Crippen molar-refractivity contribution in [2.45, 2.75) is 25.8 Å². The number of rotatable bonds is 3. The molecule has 7 heteroatoms. The Morgan fingerprint density at radius 1 is 1.19 bits per heavy atom. The quantitative estimate of drug-likeness (QED) is 0.688. The fourth-order valence-corrected chi connectivity index (χ4v) is 5.01. The molecular formula is C25H26FN5O. The third-order valence-corrected chi connectivity index (χ3v) is 6.72. The first kappa shape index (κ1) is 20.5. The smallest absolute Gasteiger partial charge is 0.253 e. The number of nitrogens with zero attached hydrogens (tertiary/aromatic N) is 4. The van der Waals surface area contributed by atoms with E-state index in [9.17, 15) is 9.18 Å². The topological polar surface area (TPSA) is 66.4 Å². The molecule has 1 saturated heterocycles. The number of nitriles is 1. The first-order valence-corrected chi connectivity index (χ1v) is 11.1. The van der Waals surface area contributed by atoms with Gasteiger partial charge in [0.15, 0.2) is 0 Å². The van der Waals surface area contributed by atoms with Crippen molar-refractivity contribution < 1.29 is 4.39 Å². The van der Waals surface area contributed by atoms with Gasteiger partial charge in [0.05, 0.1) is 23.4 Å². The highest BCUT2D eigenvalue weighted by molar-refractivity contribution is 5.93. The Balaban J connectivity index is 1.36. The molecule has 3 aromatic rings. The van der Waals surface area contributed by atoms with Crippen LogP contribution in [0.2, 0.25) is 0 Å². The standard InChI is InChI=1S/C25H26FN5O/c1-17-15-29(19-9-8-18(14-27)22(26)13-19)11-12-30(17)16-31-10-4-6-21-24(31)20-5-2-3-7-23(20)28-25(21)32/h2-3,5,7-9,13,17H,4,6,10-12,15-16H2,1H3,(H,28,32). The lowest BCUT2D eigenvalue weighted by Crippen LogP contribution is -2.55. The third kappa shape index (κ3) is 3.61. The summed E-state index contributed by atoms with van der Waals surface area (Å²) in [4.78, 5) is 22.7. The average Bonchev–Trinajstić information content (AvgIpc) is 2.80. The van der Waals surface area contributed by atoms with Crippen LogP contribution in [0, 0.1) is 17.1 Å². The molecule has 1 N–H and O–H groups in total. The number of H-pyrrole nitrogens is 1. The summed E-state index contributed by atoms with van der Waals surface area (Å²) in [6, 6.07) is 15.0. The summed E-state index contributed by atoms with van der Waals surface area (Å²) >= 11 is 0. The van der Waals surface area contributed by atoms with Gasteiger partial charge in [-0.25, -0.2) is 4.39 Å². The second-order valence-corrected chi connectivity index (χ2v) is 8.72. The molecule has 164 valence electrons. The van der Waals surface area contributed by atoms with Gasteiger partial charge in [0.2, 0.25) is 0 Å². The molecule has 6 nitrogen and oxygen atoms in total. The molecule has 0 spiro atoms. The van der Waals surface area contributed by atoms with Crippen LogP contribution >= 0.6 is 0 Å². The molecule has 1 fully saturated rings.